The van der Waals surface area contributed by atoms with Crippen LogP contribution in [0.15, 0.2) is 127 Å². The van der Waals surface area contributed by atoms with E-state index in [1.165, 1.54) is 67.4 Å². The van der Waals surface area contributed by atoms with Gasteiger partial charge in [-0.15, -0.1) is 0 Å². The summed E-state index contributed by atoms with van der Waals surface area (Å²) in [6.45, 7) is 9.60. The maximum atomic E-state index is 5.01. The Bertz CT molecular complexity index is 2370. The van der Waals surface area contributed by atoms with Crippen LogP contribution in [0.5, 0.6) is 0 Å². The highest BCUT2D eigenvalue weighted by Crippen LogP contribution is 2.47. The average molecular weight is 620 g/mol. The van der Waals surface area contributed by atoms with Gasteiger partial charge in [0.1, 0.15) is 0 Å². The molecule has 232 valence electrons. The Labute approximate surface area is 281 Å². The third-order valence-electron chi connectivity index (χ3n) is 10.7. The third-order valence-corrected chi connectivity index (χ3v) is 10.7. The molecule has 3 heteroatoms. The van der Waals surface area contributed by atoms with Gasteiger partial charge >= 0.3 is 0 Å². The van der Waals surface area contributed by atoms with Crippen molar-refractivity contribution in [3.63, 3.8) is 0 Å². The Hall–Kier alpha value is -5.41. The van der Waals surface area contributed by atoms with Crippen LogP contribution in [0.25, 0.3) is 77.6 Å². The van der Waals surface area contributed by atoms with Gasteiger partial charge < -0.3 is 0 Å². The zero-order valence-electron chi connectivity index (χ0n) is 27.9. The summed E-state index contributed by atoms with van der Waals surface area (Å²) >= 11 is 0. The van der Waals surface area contributed by atoms with Crippen LogP contribution in [0, 0.1) is 0 Å². The fourth-order valence-electron chi connectivity index (χ4n) is 7.84. The molecule has 9 rings (SSSR count). The Morgan fingerprint density at radius 3 is 1.27 bits per heavy atom. The van der Waals surface area contributed by atoms with E-state index in [1.54, 1.807) is 0 Å². The van der Waals surface area contributed by atoms with Crippen LogP contribution in [-0.2, 0) is 10.8 Å². The lowest BCUT2D eigenvalue weighted by Gasteiger charge is -2.42. The third kappa shape index (κ3) is 4.68. The Morgan fingerprint density at radius 1 is 0.375 bits per heavy atom. The summed E-state index contributed by atoms with van der Waals surface area (Å²) in [5.74, 6) is 2.02. The summed E-state index contributed by atoms with van der Waals surface area (Å²) in [7, 11) is 0. The van der Waals surface area contributed by atoms with E-state index in [9.17, 15) is 0 Å². The number of nitrogens with zero attached hydrogens (tertiary/aromatic N) is 3. The predicted molar refractivity (Wildman–Crippen MR) is 201 cm³/mol. The lowest BCUT2D eigenvalue weighted by molar-refractivity contribution is 0.332. The van der Waals surface area contributed by atoms with Gasteiger partial charge in [0.15, 0.2) is 17.5 Å². The normalized spacial score (nSPS) is 15.2. The fourth-order valence-corrected chi connectivity index (χ4v) is 7.84. The monoisotopic (exact) mass is 619 g/mol. The molecule has 0 spiro atoms. The van der Waals surface area contributed by atoms with E-state index < -0.39 is 0 Å². The van der Waals surface area contributed by atoms with Crippen LogP contribution in [0.4, 0.5) is 0 Å². The van der Waals surface area contributed by atoms with Crippen LogP contribution < -0.4 is 0 Å². The molecule has 1 aliphatic carbocycles. The lowest BCUT2D eigenvalue weighted by atomic mass is 9.63. The first kappa shape index (κ1) is 28.8. The van der Waals surface area contributed by atoms with E-state index in [2.05, 4.69) is 119 Å². The first-order valence-corrected chi connectivity index (χ1v) is 17.0. The zero-order valence-corrected chi connectivity index (χ0v) is 27.9. The van der Waals surface area contributed by atoms with E-state index in [-0.39, 0.29) is 10.8 Å². The van der Waals surface area contributed by atoms with Gasteiger partial charge in [-0.2, -0.15) is 0 Å². The molecule has 0 unspecified atom stereocenters. The molecule has 1 aliphatic rings. The lowest BCUT2D eigenvalue weighted by Crippen LogP contribution is -2.33. The number of hydrogen-bond donors (Lipinski definition) is 0. The number of fused-ring (bicyclic) bond motifs is 1. The smallest absolute Gasteiger partial charge is 0.164 e. The molecule has 0 atom stereocenters. The van der Waals surface area contributed by atoms with Crippen LogP contribution in [0.2, 0.25) is 0 Å². The van der Waals surface area contributed by atoms with Crippen LogP contribution >= 0.6 is 0 Å². The maximum absolute atomic E-state index is 5.01. The molecular formula is C45H37N3. The van der Waals surface area contributed by atoms with Gasteiger partial charge in [-0.1, -0.05) is 131 Å². The van der Waals surface area contributed by atoms with Crippen LogP contribution in [0.3, 0.4) is 0 Å². The van der Waals surface area contributed by atoms with Gasteiger partial charge in [-0.3, -0.25) is 0 Å². The predicted octanol–water partition coefficient (Wildman–Crippen LogP) is 11.8. The summed E-state index contributed by atoms with van der Waals surface area (Å²) in [6.07, 6.45) is 2.44. The first-order valence-electron chi connectivity index (χ1n) is 17.0. The molecule has 0 saturated heterocycles. The maximum Gasteiger partial charge on any atom is 0.164 e. The Morgan fingerprint density at radius 2 is 0.792 bits per heavy atom. The molecule has 0 N–H and O–H groups in total. The fraction of sp³-hybridized carbons (Fsp3) is 0.178. The highest BCUT2D eigenvalue weighted by molar-refractivity contribution is 6.24. The standard InChI is InChI=1S/C45H37N3/c1-44(2)21-22-45(3,4)38-27-30(19-20-37(38)44)35-23-31-15-17-33-25-36(26-34-18-16-32(24-35)39(31)40(33)34)43-47-41(28-11-7-5-8-12-28)46-42(48-43)29-13-9-6-10-14-29/h5-20,23-27H,21-22H2,1-4H3. The average Bonchev–Trinajstić information content (AvgIpc) is 3.12. The number of rotatable bonds is 4. The molecule has 1 aromatic heterocycles. The van der Waals surface area contributed by atoms with Crippen LogP contribution in [0.1, 0.15) is 51.7 Å². The molecule has 8 aromatic rings. The quantitative estimate of drug-likeness (QED) is 0.184. The number of benzene rings is 7. The SMILES string of the molecule is CC1(C)CCC(C)(C)c2cc(-c3cc4ccc5cc(-c6nc(-c7ccccc7)nc(-c7ccccc7)n6)cc6ccc(c3)c4c56)ccc21. The summed E-state index contributed by atoms with van der Waals surface area (Å²) in [6, 6.07) is 45.8. The summed E-state index contributed by atoms with van der Waals surface area (Å²) in [4.78, 5) is 14.9. The van der Waals surface area contributed by atoms with Gasteiger partial charge in [0.2, 0.25) is 0 Å². The van der Waals surface area contributed by atoms with Crippen molar-refractivity contribution in [2.24, 2.45) is 0 Å². The Balaban J connectivity index is 1.18. The first-order chi connectivity index (χ1) is 23.2. The van der Waals surface area contributed by atoms with Crippen molar-refractivity contribution in [3.05, 3.63) is 139 Å². The van der Waals surface area contributed by atoms with Crippen molar-refractivity contribution in [3.8, 4) is 45.3 Å². The number of hydrogen-bond acceptors (Lipinski definition) is 3. The molecule has 0 amide bonds. The van der Waals surface area contributed by atoms with Crippen molar-refractivity contribution >= 4 is 32.3 Å². The van der Waals surface area contributed by atoms with Gasteiger partial charge in [0.05, 0.1) is 0 Å². The molecule has 0 radical (unpaired) electrons. The molecule has 7 aromatic carbocycles. The van der Waals surface area contributed by atoms with E-state index in [1.807, 2.05) is 36.4 Å². The highest BCUT2D eigenvalue weighted by atomic mass is 15.0. The largest absolute Gasteiger partial charge is 0.208 e. The number of aromatic nitrogens is 3. The molecule has 0 aliphatic heterocycles. The van der Waals surface area contributed by atoms with Gasteiger partial charge in [-0.25, -0.2) is 15.0 Å². The summed E-state index contributed by atoms with van der Waals surface area (Å²) in [5, 5.41) is 7.51. The van der Waals surface area contributed by atoms with E-state index in [0.717, 1.165) is 16.7 Å². The molecule has 3 nitrogen and oxygen atoms in total. The van der Waals surface area contributed by atoms with Gasteiger partial charge in [0, 0.05) is 16.7 Å². The molecule has 0 fully saturated rings. The summed E-state index contributed by atoms with van der Waals surface area (Å²) in [5.41, 5.74) is 8.88. The Kier molecular flexibility index (Phi) is 6.33. The van der Waals surface area contributed by atoms with E-state index in [0.29, 0.717) is 17.5 Å². The van der Waals surface area contributed by atoms with Gasteiger partial charge in [0.25, 0.3) is 0 Å². The van der Waals surface area contributed by atoms with Crippen molar-refractivity contribution < 1.29 is 0 Å². The van der Waals surface area contributed by atoms with Crippen molar-refractivity contribution in [1.29, 1.82) is 0 Å². The van der Waals surface area contributed by atoms with Crippen molar-refractivity contribution in [2.45, 2.75) is 51.4 Å². The van der Waals surface area contributed by atoms with Crippen molar-refractivity contribution in [2.75, 3.05) is 0 Å². The molecule has 48 heavy (non-hydrogen) atoms. The topological polar surface area (TPSA) is 38.7 Å². The van der Waals surface area contributed by atoms with E-state index >= 15 is 0 Å². The molecule has 0 saturated carbocycles. The second-order valence-electron chi connectivity index (χ2n) is 14.8. The molecular weight excluding hydrogens is 583 g/mol. The minimum absolute atomic E-state index is 0.178. The molecule has 1 heterocycles. The van der Waals surface area contributed by atoms with E-state index in [4.69, 9.17) is 15.0 Å². The zero-order chi connectivity index (χ0) is 32.6. The second-order valence-corrected chi connectivity index (χ2v) is 14.8. The van der Waals surface area contributed by atoms with Crippen molar-refractivity contribution in [1.82, 2.24) is 15.0 Å². The summed E-state index contributed by atoms with van der Waals surface area (Å²) < 4.78 is 0. The minimum atomic E-state index is 0.178. The van der Waals surface area contributed by atoms with Gasteiger partial charge in [-0.05, 0) is 103 Å². The minimum Gasteiger partial charge on any atom is -0.208 e. The highest BCUT2D eigenvalue weighted by Gasteiger charge is 2.37. The van der Waals surface area contributed by atoms with Crippen LogP contribution in [-0.4, -0.2) is 15.0 Å². The molecule has 0 bridgehead atoms. The second kappa shape index (κ2) is 10.6.